The van der Waals surface area contributed by atoms with Crippen molar-refractivity contribution in [3.8, 4) is 28.5 Å². The average molecular weight is 473 g/mol. The number of sulfone groups is 1. The molecular weight excluding hydrogens is 452 g/mol. The summed E-state index contributed by atoms with van der Waals surface area (Å²) in [7, 11) is -3.99. The summed E-state index contributed by atoms with van der Waals surface area (Å²) < 4.78 is 33.8. The SMILES string of the molecule is Cc1ccc(-c2noc(CS(=O)(=O)c3nnc(-c4ccncc4)n3-c3ccccc3C)n2)cc1. The molecule has 5 rings (SSSR count). The lowest BCUT2D eigenvalue weighted by atomic mass is 10.1. The summed E-state index contributed by atoms with van der Waals surface area (Å²) in [5, 5.41) is 12.0. The summed E-state index contributed by atoms with van der Waals surface area (Å²) in [5.41, 5.74) is 4.04. The number of nitrogens with zero attached hydrogens (tertiary/aromatic N) is 6. The molecule has 0 atom stereocenters. The Morgan fingerprint density at radius 1 is 0.882 bits per heavy atom. The van der Waals surface area contributed by atoms with E-state index in [0.717, 1.165) is 16.7 Å². The molecular formula is C24H20N6O3S. The van der Waals surface area contributed by atoms with Gasteiger partial charge in [-0.3, -0.25) is 9.55 Å². The van der Waals surface area contributed by atoms with Crippen molar-refractivity contribution in [1.82, 2.24) is 29.9 Å². The lowest BCUT2D eigenvalue weighted by molar-refractivity contribution is 0.389. The molecule has 0 bridgehead atoms. The van der Waals surface area contributed by atoms with Gasteiger partial charge in [-0.05, 0) is 37.6 Å². The third-order valence-corrected chi connectivity index (χ3v) is 6.75. The average Bonchev–Trinajstić information content (AvgIpc) is 3.48. The summed E-state index contributed by atoms with van der Waals surface area (Å²) in [5.74, 6) is 0.177. The first-order valence-electron chi connectivity index (χ1n) is 10.5. The van der Waals surface area contributed by atoms with E-state index in [1.54, 1.807) is 24.5 Å². The first-order chi connectivity index (χ1) is 16.4. The van der Waals surface area contributed by atoms with Gasteiger partial charge in [-0.2, -0.15) is 4.98 Å². The third-order valence-electron chi connectivity index (χ3n) is 5.30. The van der Waals surface area contributed by atoms with E-state index in [4.69, 9.17) is 4.52 Å². The minimum absolute atomic E-state index is 0.0274. The molecule has 3 heterocycles. The first kappa shape index (κ1) is 21.7. The predicted octanol–water partition coefficient (Wildman–Crippen LogP) is 3.97. The van der Waals surface area contributed by atoms with E-state index in [9.17, 15) is 8.42 Å². The molecule has 3 aromatic heterocycles. The normalized spacial score (nSPS) is 11.6. The quantitative estimate of drug-likeness (QED) is 0.364. The van der Waals surface area contributed by atoms with Gasteiger partial charge < -0.3 is 4.52 Å². The van der Waals surface area contributed by atoms with Gasteiger partial charge in [0.1, 0.15) is 5.75 Å². The van der Waals surface area contributed by atoms with E-state index in [2.05, 4.69) is 25.3 Å². The Bertz CT molecular complexity index is 1560. The lowest BCUT2D eigenvalue weighted by Gasteiger charge is -2.12. The van der Waals surface area contributed by atoms with E-state index >= 15 is 0 Å². The van der Waals surface area contributed by atoms with Crippen LogP contribution in [-0.2, 0) is 15.6 Å². The molecule has 0 saturated carbocycles. The number of para-hydroxylation sites is 1. The van der Waals surface area contributed by atoms with Crippen LogP contribution in [0.1, 0.15) is 17.0 Å². The number of hydrogen-bond acceptors (Lipinski definition) is 8. The molecule has 0 aliphatic carbocycles. The monoisotopic (exact) mass is 472 g/mol. The van der Waals surface area contributed by atoms with Crippen LogP contribution in [0.5, 0.6) is 0 Å². The molecule has 0 N–H and O–H groups in total. The second-order valence-electron chi connectivity index (χ2n) is 7.80. The van der Waals surface area contributed by atoms with Crippen LogP contribution < -0.4 is 0 Å². The zero-order valence-corrected chi connectivity index (χ0v) is 19.3. The van der Waals surface area contributed by atoms with Crippen LogP contribution in [0.15, 0.2) is 82.7 Å². The van der Waals surface area contributed by atoms with Crippen LogP contribution in [0.4, 0.5) is 0 Å². The van der Waals surface area contributed by atoms with Crippen molar-refractivity contribution in [2.75, 3.05) is 0 Å². The third kappa shape index (κ3) is 4.11. The second kappa shape index (κ2) is 8.64. The van der Waals surface area contributed by atoms with E-state index in [0.29, 0.717) is 22.9 Å². The summed E-state index contributed by atoms with van der Waals surface area (Å²) in [6.07, 6.45) is 3.23. The number of rotatable bonds is 6. The molecule has 0 fully saturated rings. The standard InChI is InChI=1S/C24H20N6O3S/c1-16-7-9-18(10-8-16)22-26-21(33-29-22)15-34(31,32)24-28-27-23(19-11-13-25-14-12-19)30(24)20-6-4-3-5-17(20)2/h3-14H,15H2,1-2H3. The van der Waals surface area contributed by atoms with Crippen LogP contribution in [0, 0.1) is 13.8 Å². The lowest BCUT2D eigenvalue weighted by Crippen LogP contribution is -2.13. The smallest absolute Gasteiger partial charge is 0.255 e. The maximum atomic E-state index is 13.5. The van der Waals surface area contributed by atoms with Crippen molar-refractivity contribution >= 4 is 9.84 Å². The van der Waals surface area contributed by atoms with Gasteiger partial charge in [-0.1, -0.05) is 53.2 Å². The summed E-state index contributed by atoms with van der Waals surface area (Å²) in [6, 6.07) is 18.5. The van der Waals surface area contributed by atoms with Crippen LogP contribution in [0.2, 0.25) is 0 Å². The van der Waals surface area contributed by atoms with Crippen molar-refractivity contribution in [3.05, 3.63) is 90.1 Å². The van der Waals surface area contributed by atoms with Gasteiger partial charge in [0, 0.05) is 23.5 Å². The highest BCUT2D eigenvalue weighted by atomic mass is 32.2. The number of hydrogen-bond donors (Lipinski definition) is 0. The molecule has 2 aromatic carbocycles. The van der Waals surface area contributed by atoms with Gasteiger partial charge in [0.15, 0.2) is 5.82 Å². The fraction of sp³-hybridized carbons (Fsp3) is 0.125. The molecule has 9 nitrogen and oxygen atoms in total. The van der Waals surface area contributed by atoms with Crippen molar-refractivity contribution < 1.29 is 12.9 Å². The van der Waals surface area contributed by atoms with Crippen LogP contribution in [0.3, 0.4) is 0 Å². The fourth-order valence-corrected chi connectivity index (χ4v) is 4.75. The topological polar surface area (TPSA) is 117 Å². The van der Waals surface area contributed by atoms with E-state index in [1.807, 2.05) is 62.4 Å². The molecule has 0 unspecified atom stereocenters. The Balaban J connectivity index is 1.56. The van der Waals surface area contributed by atoms with Gasteiger partial charge in [-0.25, -0.2) is 8.42 Å². The van der Waals surface area contributed by atoms with Gasteiger partial charge in [0.05, 0.1) is 5.69 Å². The van der Waals surface area contributed by atoms with Crippen LogP contribution in [0.25, 0.3) is 28.5 Å². The molecule has 0 aliphatic heterocycles. The zero-order valence-electron chi connectivity index (χ0n) is 18.5. The Labute approximate surface area is 196 Å². The first-order valence-corrected chi connectivity index (χ1v) is 12.1. The Morgan fingerprint density at radius 3 is 2.35 bits per heavy atom. The minimum atomic E-state index is -3.99. The number of aromatic nitrogens is 6. The molecule has 170 valence electrons. The Morgan fingerprint density at radius 2 is 1.62 bits per heavy atom. The van der Waals surface area contributed by atoms with Crippen molar-refractivity contribution in [2.24, 2.45) is 0 Å². The van der Waals surface area contributed by atoms with E-state index in [-0.39, 0.29) is 11.0 Å². The molecule has 0 spiro atoms. The van der Waals surface area contributed by atoms with E-state index < -0.39 is 15.6 Å². The highest BCUT2D eigenvalue weighted by Gasteiger charge is 2.29. The largest absolute Gasteiger partial charge is 0.338 e. The molecule has 5 aromatic rings. The number of aryl methyl sites for hydroxylation is 2. The molecule has 0 radical (unpaired) electrons. The highest BCUT2D eigenvalue weighted by molar-refractivity contribution is 7.90. The van der Waals surface area contributed by atoms with Gasteiger partial charge in [0.2, 0.25) is 21.6 Å². The minimum Gasteiger partial charge on any atom is -0.338 e. The molecule has 10 heteroatoms. The summed E-state index contributed by atoms with van der Waals surface area (Å²) in [4.78, 5) is 8.31. The maximum Gasteiger partial charge on any atom is 0.255 e. The predicted molar refractivity (Wildman–Crippen MR) is 125 cm³/mol. The summed E-state index contributed by atoms with van der Waals surface area (Å²) >= 11 is 0. The van der Waals surface area contributed by atoms with Crippen LogP contribution >= 0.6 is 0 Å². The van der Waals surface area contributed by atoms with Gasteiger partial charge in [-0.15, -0.1) is 10.2 Å². The highest BCUT2D eigenvalue weighted by Crippen LogP contribution is 2.28. The molecule has 34 heavy (non-hydrogen) atoms. The zero-order chi connectivity index (χ0) is 23.7. The van der Waals surface area contributed by atoms with E-state index in [1.165, 1.54) is 4.57 Å². The molecule has 0 amide bonds. The van der Waals surface area contributed by atoms with Gasteiger partial charge >= 0.3 is 0 Å². The maximum absolute atomic E-state index is 13.5. The Hall–Kier alpha value is -4.18. The van der Waals surface area contributed by atoms with Crippen molar-refractivity contribution in [1.29, 1.82) is 0 Å². The van der Waals surface area contributed by atoms with Crippen LogP contribution in [-0.4, -0.2) is 38.3 Å². The molecule has 0 saturated heterocycles. The number of benzene rings is 2. The van der Waals surface area contributed by atoms with Gasteiger partial charge in [0.25, 0.3) is 5.16 Å². The number of pyridine rings is 1. The molecule has 0 aliphatic rings. The van der Waals surface area contributed by atoms with Crippen molar-refractivity contribution in [3.63, 3.8) is 0 Å². The Kier molecular flexibility index (Phi) is 5.50. The summed E-state index contributed by atoms with van der Waals surface area (Å²) in [6.45, 7) is 3.87. The fourth-order valence-electron chi connectivity index (χ4n) is 3.55. The second-order valence-corrected chi connectivity index (χ2v) is 9.68. The van der Waals surface area contributed by atoms with Crippen molar-refractivity contribution in [2.45, 2.75) is 24.8 Å².